The van der Waals surface area contributed by atoms with Crippen molar-refractivity contribution < 1.29 is 14.4 Å². The van der Waals surface area contributed by atoms with E-state index in [0.717, 1.165) is 0 Å². The number of nitrogens with zero attached hydrogens (tertiary/aromatic N) is 1. The Balaban J connectivity index is 2.91. The number of aromatic nitrogens is 1. The fraction of sp³-hybridized carbons (Fsp3) is 0.429. The van der Waals surface area contributed by atoms with E-state index in [4.69, 9.17) is 15.4 Å². The van der Waals surface area contributed by atoms with Gasteiger partial charge >= 0.3 is 5.97 Å². The molecular weight excluding hydrogens is 160 g/mol. The van der Waals surface area contributed by atoms with Gasteiger partial charge in [-0.05, 0) is 6.92 Å². The SMILES string of the molecule is Cc1onc(CC(=O)O)c1CN. The zero-order valence-electron chi connectivity index (χ0n) is 6.70. The third-order valence-corrected chi connectivity index (χ3v) is 1.59. The molecule has 0 bridgehead atoms. The first-order valence-electron chi connectivity index (χ1n) is 3.51. The average Bonchev–Trinajstić information content (AvgIpc) is 2.30. The number of hydrogen-bond donors (Lipinski definition) is 2. The normalized spacial score (nSPS) is 10.2. The Morgan fingerprint density at radius 2 is 2.42 bits per heavy atom. The molecule has 0 fully saturated rings. The van der Waals surface area contributed by atoms with E-state index in [1.165, 1.54) is 0 Å². The average molecular weight is 170 g/mol. The lowest BCUT2D eigenvalue weighted by Crippen LogP contribution is -2.06. The summed E-state index contributed by atoms with van der Waals surface area (Å²) in [6, 6.07) is 0. The molecule has 1 aromatic heterocycles. The van der Waals surface area contributed by atoms with Gasteiger partial charge < -0.3 is 15.4 Å². The molecule has 66 valence electrons. The summed E-state index contributed by atoms with van der Waals surface area (Å²) in [4.78, 5) is 10.3. The Hall–Kier alpha value is -1.36. The van der Waals surface area contributed by atoms with Gasteiger partial charge in [-0.1, -0.05) is 5.16 Å². The summed E-state index contributed by atoms with van der Waals surface area (Å²) in [5.74, 6) is -0.341. The molecule has 0 spiro atoms. The number of aryl methyl sites for hydroxylation is 1. The maximum atomic E-state index is 10.3. The quantitative estimate of drug-likeness (QED) is 0.669. The summed E-state index contributed by atoms with van der Waals surface area (Å²) >= 11 is 0. The van der Waals surface area contributed by atoms with E-state index >= 15 is 0 Å². The molecule has 0 saturated heterocycles. The highest BCUT2D eigenvalue weighted by Gasteiger charge is 2.13. The number of hydrogen-bond acceptors (Lipinski definition) is 4. The minimum atomic E-state index is -0.932. The summed E-state index contributed by atoms with van der Waals surface area (Å²) < 4.78 is 4.79. The first kappa shape index (κ1) is 8.73. The van der Waals surface area contributed by atoms with Crippen LogP contribution in [0.1, 0.15) is 17.0 Å². The van der Waals surface area contributed by atoms with E-state index in [1.807, 2.05) is 0 Å². The zero-order valence-corrected chi connectivity index (χ0v) is 6.70. The lowest BCUT2D eigenvalue weighted by atomic mass is 10.1. The third-order valence-electron chi connectivity index (χ3n) is 1.59. The molecule has 0 amide bonds. The number of carboxylic acid groups (broad SMARTS) is 1. The van der Waals surface area contributed by atoms with Crippen molar-refractivity contribution in [2.45, 2.75) is 19.9 Å². The maximum absolute atomic E-state index is 10.3. The van der Waals surface area contributed by atoms with Crippen LogP contribution in [-0.2, 0) is 17.8 Å². The van der Waals surface area contributed by atoms with E-state index in [-0.39, 0.29) is 13.0 Å². The molecule has 0 aliphatic heterocycles. The van der Waals surface area contributed by atoms with Crippen molar-refractivity contribution >= 4 is 5.97 Å². The minimum absolute atomic E-state index is 0.135. The number of carbonyl (C=O) groups is 1. The van der Waals surface area contributed by atoms with Crippen LogP contribution in [0.2, 0.25) is 0 Å². The van der Waals surface area contributed by atoms with Crippen LogP contribution in [0.15, 0.2) is 4.52 Å². The molecule has 12 heavy (non-hydrogen) atoms. The van der Waals surface area contributed by atoms with E-state index in [0.29, 0.717) is 17.0 Å². The van der Waals surface area contributed by atoms with Crippen LogP contribution < -0.4 is 5.73 Å². The van der Waals surface area contributed by atoms with Gasteiger partial charge in [-0.2, -0.15) is 0 Å². The predicted molar refractivity (Wildman–Crippen MR) is 40.5 cm³/mol. The highest BCUT2D eigenvalue weighted by Crippen LogP contribution is 2.12. The minimum Gasteiger partial charge on any atom is -0.481 e. The molecule has 0 atom stereocenters. The molecule has 0 aliphatic carbocycles. The molecule has 5 nitrogen and oxygen atoms in total. The first-order valence-corrected chi connectivity index (χ1v) is 3.51. The van der Waals surface area contributed by atoms with Crippen molar-refractivity contribution in [2.75, 3.05) is 0 Å². The number of nitrogens with two attached hydrogens (primary N) is 1. The van der Waals surface area contributed by atoms with Crippen LogP contribution >= 0.6 is 0 Å². The summed E-state index contributed by atoms with van der Waals surface area (Å²) in [6.45, 7) is 1.97. The summed E-state index contributed by atoms with van der Waals surface area (Å²) in [5.41, 5.74) is 6.49. The lowest BCUT2D eigenvalue weighted by molar-refractivity contribution is -0.136. The number of carboxylic acids is 1. The molecule has 3 N–H and O–H groups in total. The van der Waals surface area contributed by atoms with Crippen molar-refractivity contribution in [1.29, 1.82) is 0 Å². The number of aliphatic carboxylic acids is 1. The fourth-order valence-corrected chi connectivity index (χ4v) is 0.981. The van der Waals surface area contributed by atoms with Crippen molar-refractivity contribution in [3.8, 4) is 0 Å². The predicted octanol–water partition coefficient (Wildman–Crippen LogP) is 0.0688. The first-order chi connectivity index (χ1) is 5.65. The molecule has 5 heteroatoms. The number of rotatable bonds is 3. The molecule has 0 aliphatic rings. The van der Waals surface area contributed by atoms with Crippen molar-refractivity contribution in [3.63, 3.8) is 0 Å². The molecule has 0 saturated carbocycles. The molecule has 1 rings (SSSR count). The zero-order chi connectivity index (χ0) is 9.14. The smallest absolute Gasteiger partial charge is 0.309 e. The van der Waals surface area contributed by atoms with Gasteiger partial charge in [0.2, 0.25) is 0 Å². The summed E-state index contributed by atoms with van der Waals surface area (Å²) in [7, 11) is 0. The highest BCUT2D eigenvalue weighted by atomic mass is 16.5. The molecule has 1 aromatic rings. The van der Waals surface area contributed by atoms with Gasteiger partial charge in [-0.15, -0.1) is 0 Å². The van der Waals surface area contributed by atoms with Gasteiger partial charge in [0.05, 0.1) is 12.1 Å². The second-order valence-corrected chi connectivity index (χ2v) is 2.44. The Morgan fingerprint density at radius 3 is 2.92 bits per heavy atom. The van der Waals surface area contributed by atoms with E-state index in [2.05, 4.69) is 5.16 Å². The van der Waals surface area contributed by atoms with Crippen LogP contribution in [0.25, 0.3) is 0 Å². The van der Waals surface area contributed by atoms with Crippen LogP contribution in [0.5, 0.6) is 0 Å². The maximum Gasteiger partial charge on any atom is 0.309 e. The highest BCUT2D eigenvalue weighted by molar-refractivity contribution is 5.70. The Bertz CT molecular complexity index is 293. The van der Waals surface area contributed by atoms with E-state index in [9.17, 15) is 4.79 Å². The van der Waals surface area contributed by atoms with Gasteiger partial charge in [0.15, 0.2) is 0 Å². The summed E-state index contributed by atoms with van der Waals surface area (Å²) in [6.07, 6.45) is -0.135. The second-order valence-electron chi connectivity index (χ2n) is 2.44. The van der Waals surface area contributed by atoms with Gasteiger partial charge in [0.1, 0.15) is 5.76 Å². The van der Waals surface area contributed by atoms with Gasteiger partial charge in [0.25, 0.3) is 0 Å². The van der Waals surface area contributed by atoms with Crippen molar-refractivity contribution in [2.24, 2.45) is 5.73 Å². The van der Waals surface area contributed by atoms with E-state index < -0.39 is 5.97 Å². The Labute approximate surface area is 69.2 Å². The lowest BCUT2D eigenvalue weighted by Gasteiger charge is -1.93. The van der Waals surface area contributed by atoms with Crippen LogP contribution in [0.3, 0.4) is 0 Å². The topological polar surface area (TPSA) is 89.3 Å². The van der Waals surface area contributed by atoms with Crippen molar-refractivity contribution in [3.05, 3.63) is 17.0 Å². The van der Waals surface area contributed by atoms with Gasteiger partial charge in [-0.25, -0.2) is 0 Å². The standard InChI is InChI=1S/C7H10N2O3/c1-4-5(3-8)6(9-12-4)2-7(10)11/h2-3,8H2,1H3,(H,10,11). The molecular formula is C7H10N2O3. The van der Waals surface area contributed by atoms with Gasteiger partial charge in [0, 0.05) is 12.1 Å². The largest absolute Gasteiger partial charge is 0.481 e. The molecule has 0 aromatic carbocycles. The van der Waals surface area contributed by atoms with Crippen LogP contribution in [0, 0.1) is 6.92 Å². The summed E-state index contributed by atoms with van der Waals surface area (Å²) in [5, 5.41) is 12.1. The van der Waals surface area contributed by atoms with Crippen LogP contribution in [0.4, 0.5) is 0 Å². The van der Waals surface area contributed by atoms with Crippen LogP contribution in [-0.4, -0.2) is 16.2 Å². The Kier molecular flexibility index (Phi) is 2.44. The van der Waals surface area contributed by atoms with Gasteiger partial charge in [-0.3, -0.25) is 4.79 Å². The van der Waals surface area contributed by atoms with Crippen molar-refractivity contribution in [1.82, 2.24) is 5.16 Å². The second kappa shape index (κ2) is 3.36. The molecule has 1 heterocycles. The third kappa shape index (κ3) is 1.62. The Morgan fingerprint density at radius 1 is 1.75 bits per heavy atom. The van der Waals surface area contributed by atoms with E-state index in [1.54, 1.807) is 6.92 Å². The molecule has 0 unspecified atom stereocenters. The monoisotopic (exact) mass is 170 g/mol. The molecule has 0 radical (unpaired) electrons. The fourth-order valence-electron chi connectivity index (χ4n) is 0.981.